The third-order valence-electron chi connectivity index (χ3n) is 4.59. The molecule has 0 aliphatic heterocycles. The van der Waals surface area contributed by atoms with Gasteiger partial charge in [-0.1, -0.05) is 66.7 Å². The van der Waals surface area contributed by atoms with Crippen molar-refractivity contribution in [1.29, 1.82) is 0 Å². The maximum Gasteiger partial charge on any atom is 0.361 e. The quantitative estimate of drug-likeness (QED) is 0.448. The van der Waals surface area contributed by atoms with Gasteiger partial charge in [0.05, 0.1) is 6.61 Å². The Bertz CT molecular complexity index is 1140. The van der Waals surface area contributed by atoms with Gasteiger partial charge in [-0.05, 0) is 35.7 Å². The summed E-state index contributed by atoms with van der Waals surface area (Å²) in [6, 6.07) is 25.6. The van der Waals surface area contributed by atoms with Crippen LogP contribution < -0.4 is 4.74 Å². The summed E-state index contributed by atoms with van der Waals surface area (Å²) in [6.45, 7) is 2.52. The zero-order valence-corrected chi connectivity index (χ0v) is 16.5. The second-order valence-corrected chi connectivity index (χ2v) is 6.59. The first-order chi connectivity index (χ1) is 14.8. The van der Waals surface area contributed by atoms with Gasteiger partial charge in [-0.15, -0.1) is 5.10 Å². The Kier molecular flexibility index (Phi) is 5.85. The van der Waals surface area contributed by atoms with Crippen molar-refractivity contribution in [3.05, 3.63) is 90.1 Å². The molecule has 30 heavy (non-hydrogen) atoms. The molecule has 0 saturated carbocycles. The Balaban J connectivity index is 1.65. The van der Waals surface area contributed by atoms with E-state index in [0.29, 0.717) is 12.3 Å². The zero-order chi connectivity index (χ0) is 20.8. The van der Waals surface area contributed by atoms with E-state index in [2.05, 4.69) is 15.4 Å². The van der Waals surface area contributed by atoms with Crippen LogP contribution in [0.1, 0.15) is 23.0 Å². The fourth-order valence-electron chi connectivity index (χ4n) is 3.20. The molecule has 0 aliphatic carbocycles. The maximum atomic E-state index is 12.3. The van der Waals surface area contributed by atoms with E-state index in [4.69, 9.17) is 9.47 Å². The van der Waals surface area contributed by atoms with E-state index in [-0.39, 0.29) is 12.3 Å². The SMILES string of the molecule is CCOC(=O)c1n[nH]nc1-c1ccccc1-c1cccc(OCc2ccccc2)c1. The van der Waals surface area contributed by atoms with Crippen LogP contribution in [-0.4, -0.2) is 28.0 Å². The molecule has 6 nitrogen and oxygen atoms in total. The molecule has 4 rings (SSSR count). The molecule has 1 aromatic heterocycles. The number of ether oxygens (including phenoxy) is 2. The Labute approximate surface area is 174 Å². The van der Waals surface area contributed by atoms with Crippen molar-refractivity contribution in [3.63, 3.8) is 0 Å². The molecule has 4 aromatic rings. The number of nitrogens with zero attached hydrogens (tertiary/aromatic N) is 2. The highest BCUT2D eigenvalue weighted by molar-refractivity contribution is 5.96. The van der Waals surface area contributed by atoms with Gasteiger partial charge in [-0.3, -0.25) is 0 Å². The first-order valence-corrected chi connectivity index (χ1v) is 9.70. The number of hydrogen-bond donors (Lipinski definition) is 1. The third kappa shape index (κ3) is 4.22. The molecule has 0 fully saturated rings. The minimum absolute atomic E-state index is 0.167. The van der Waals surface area contributed by atoms with Gasteiger partial charge in [0.1, 0.15) is 18.1 Å². The molecule has 0 atom stereocenters. The zero-order valence-electron chi connectivity index (χ0n) is 16.5. The highest BCUT2D eigenvalue weighted by Gasteiger charge is 2.21. The number of carbonyl (C=O) groups excluding carboxylic acids is 1. The fourth-order valence-corrected chi connectivity index (χ4v) is 3.20. The van der Waals surface area contributed by atoms with Gasteiger partial charge >= 0.3 is 5.97 Å². The largest absolute Gasteiger partial charge is 0.489 e. The number of H-pyrrole nitrogens is 1. The molecule has 0 bridgehead atoms. The standard InChI is InChI=1S/C24H21N3O3/c1-2-29-24(28)23-22(25-27-26-23)21-14-7-6-13-20(21)18-11-8-12-19(15-18)30-16-17-9-4-3-5-10-17/h3-15H,2,16H2,1H3,(H,25,26,27). The molecule has 0 amide bonds. The molecular formula is C24H21N3O3. The molecule has 1 N–H and O–H groups in total. The van der Waals surface area contributed by atoms with Crippen molar-refractivity contribution in [2.45, 2.75) is 13.5 Å². The first-order valence-electron chi connectivity index (χ1n) is 9.70. The average molecular weight is 399 g/mol. The minimum Gasteiger partial charge on any atom is -0.489 e. The number of rotatable bonds is 7. The minimum atomic E-state index is -0.504. The summed E-state index contributed by atoms with van der Waals surface area (Å²) in [6.07, 6.45) is 0. The first kappa shape index (κ1) is 19.4. The second kappa shape index (κ2) is 9.05. The topological polar surface area (TPSA) is 77.1 Å². The van der Waals surface area contributed by atoms with Gasteiger partial charge in [0, 0.05) is 5.56 Å². The molecule has 0 radical (unpaired) electrons. The predicted octanol–water partition coefficient (Wildman–Crippen LogP) is 4.89. The van der Waals surface area contributed by atoms with E-state index in [1.807, 2.05) is 78.9 Å². The van der Waals surface area contributed by atoms with Crippen molar-refractivity contribution in [3.8, 4) is 28.1 Å². The average Bonchev–Trinajstić information content (AvgIpc) is 3.29. The van der Waals surface area contributed by atoms with E-state index < -0.39 is 5.97 Å². The Hall–Kier alpha value is -3.93. The lowest BCUT2D eigenvalue weighted by molar-refractivity contribution is 0.0520. The third-order valence-corrected chi connectivity index (χ3v) is 4.59. The van der Waals surface area contributed by atoms with Gasteiger partial charge in [0.2, 0.25) is 0 Å². The highest BCUT2D eigenvalue weighted by atomic mass is 16.5. The van der Waals surface area contributed by atoms with Gasteiger partial charge < -0.3 is 9.47 Å². The van der Waals surface area contributed by atoms with E-state index in [0.717, 1.165) is 28.0 Å². The maximum absolute atomic E-state index is 12.3. The van der Waals surface area contributed by atoms with Gasteiger partial charge in [0.25, 0.3) is 0 Å². The molecule has 0 saturated heterocycles. The van der Waals surface area contributed by atoms with Crippen LogP contribution in [0.3, 0.4) is 0 Å². The van der Waals surface area contributed by atoms with E-state index in [1.165, 1.54) is 0 Å². The van der Waals surface area contributed by atoms with Crippen LogP contribution in [0.15, 0.2) is 78.9 Å². The number of hydrogen-bond acceptors (Lipinski definition) is 5. The van der Waals surface area contributed by atoms with Gasteiger partial charge in [-0.25, -0.2) is 4.79 Å². The molecule has 0 unspecified atom stereocenters. The van der Waals surface area contributed by atoms with Crippen molar-refractivity contribution in [2.75, 3.05) is 6.61 Å². The lowest BCUT2D eigenvalue weighted by Crippen LogP contribution is -2.07. The molecular weight excluding hydrogens is 378 g/mol. The summed E-state index contributed by atoms with van der Waals surface area (Å²) in [5.74, 6) is 0.257. The van der Waals surface area contributed by atoms with Gasteiger partial charge in [0.15, 0.2) is 5.69 Å². The molecule has 3 aromatic carbocycles. The molecule has 6 heteroatoms. The number of aromatic amines is 1. The van der Waals surface area contributed by atoms with Crippen LogP contribution in [0.2, 0.25) is 0 Å². The van der Waals surface area contributed by atoms with Crippen molar-refractivity contribution < 1.29 is 14.3 Å². The summed E-state index contributed by atoms with van der Waals surface area (Å²) in [4.78, 5) is 12.3. The van der Waals surface area contributed by atoms with Crippen LogP contribution in [-0.2, 0) is 11.3 Å². The monoisotopic (exact) mass is 399 g/mol. The second-order valence-electron chi connectivity index (χ2n) is 6.59. The summed E-state index contributed by atoms with van der Waals surface area (Å²) in [5, 5.41) is 10.7. The van der Waals surface area contributed by atoms with Crippen LogP contribution in [0.5, 0.6) is 5.75 Å². The summed E-state index contributed by atoms with van der Waals surface area (Å²) in [5.41, 5.74) is 4.39. The Morgan fingerprint density at radius 1 is 0.900 bits per heavy atom. The van der Waals surface area contributed by atoms with Crippen molar-refractivity contribution in [1.82, 2.24) is 15.4 Å². The normalized spacial score (nSPS) is 10.6. The summed E-state index contributed by atoms with van der Waals surface area (Å²) < 4.78 is 11.1. The molecule has 0 spiro atoms. The number of carbonyl (C=O) groups is 1. The number of benzene rings is 3. The Morgan fingerprint density at radius 3 is 2.47 bits per heavy atom. The number of nitrogens with one attached hydrogen (secondary N) is 1. The molecule has 150 valence electrons. The van der Waals surface area contributed by atoms with E-state index in [9.17, 15) is 4.79 Å². The highest BCUT2D eigenvalue weighted by Crippen LogP contribution is 2.34. The van der Waals surface area contributed by atoms with E-state index >= 15 is 0 Å². The van der Waals surface area contributed by atoms with Crippen LogP contribution in [0.4, 0.5) is 0 Å². The predicted molar refractivity (Wildman–Crippen MR) is 114 cm³/mol. The van der Waals surface area contributed by atoms with Gasteiger partial charge in [-0.2, -0.15) is 10.3 Å². The fraction of sp³-hybridized carbons (Fsp3) is 0.125. The van der Waals surface area contributed by atoms with Crippen molar-refractivity contribution >= 4 is 5.97 Å². The van der Waals surface area contributed by atoms with Crippen LogP contribution in [0.25, 0.3) is 22.4 Å². The summed E-state index contributed by atoms with van der Waals surface area (Å²) >= 11 is 0. The lowest BCUT2D eigenvalue weighted by Gasteiger charge is -2.11. The summed E-state index contributed by atoms with van der Waals surface area (Å²) in [7, 11) is 0. The molecule has 1 heterocycles. The Morgan fingerprint density at radius 2 is 1.67 bits per heavy atom. The lowest BCUT2D eigenvalue weighted by atomic mass is 9.96. The van der Waals surface area contributed by atoms with Crippen LogP contribution >= 0.6 is 0 Å². The number of aromatic nitrogens is 3. The smallest absolute Gasteiger partial charge is 0.361 e. The van der Waals surface area contributed by atoms with E-state index in [1.54, 1.807) is 6.92 Å². The molecule has 0 aliphatic rings. The number of esters is 1. The van der Waals surface area contributed by atoms with Crippen LogP contribution in [0, 0.1) is 0 Å². The van der Waals surface area contributed by atoms with Crippen molar-refractivity contribution in [2.24, 2.45) is 0 Å².